The summed E-state index contributed by atoms with van der Waals surface area (Å²) >= 11 is 0. The summed E-state index contributed by atoms with van der Waals surface area (Å²) in [6, 6.07) is 11.0. The van der Waals surface area contributed by atoms with Crippen molar-refractivity contribution < 1.29 is 9.59 Å². The summed E-state index contributed by atoms with van der Waals surface area (Å²) in [7, 11) is 0.750. The quantitative estimate of drug-likeness (QED) is 0.662. The normalized spacial score (nSPS) is 10.8. The van der Waals surface area contributed by atoms with E-state index in [1.54, 1.807) is 0 Å². The topological polar surface area (TPSA) is 23.1 Å². The highest BCUT2D eigenvalue weighted by Crippen LogP contribution is 2.17. The molecule has 2 nitrogen and oxygen atoms in total. The lowest BCUT2D eigenvalue weighted by Gasteiger charge is -2.38. The monoisotopic (exact) mass is 265 g/mol. The van der Waals surface area contributed by atoms with Crippen LogP contribution in [-0.4, -0.2) is 31.2 Å². The molecule has 0 fully saturated rings. The van der Waals surface area contributed by atoms with Crippen LogP contribution < -0.4 is 5.11 Å². The molecule has 0 aliphatic carbocycles. The number of hydrogen-bond donors (Lipinski definition) is 0. The van der Waals surface area contributed by atoms with Crippen LogP contribution in [-0.2, 0) is 6.54 Å². The second-order valence-electron chi connectivity index (χ2n) is 5.16. The van der Waals surface area contributed by atoms with Crippen LogP contribution in [0.4, 0.5) is 0 Å². The van der Waals surface area contributed by atoms with E-state index < -0.39 is 0 Å². The summed E-state index contributed by atoms with van der Waals surface area (Å²) in [4.78, 5) is 0. The minimum Gasteiger partial charge on any atom is -0.857 e. The smallest absolute Gasteiger partial charge is 0.104 e. The Bertz CT molecular complexity index is 280. The zero-order chi connectivity index (χ0) is 14.6. The molecule has 0 heterocycles. The van der Waals surface area contributed by atoms with Gasteiger partial charge in [0.1, 0.15) is 6.54 Å². The Morgan fingerprint density at radius 1 is 0.789 bits per heavy atom. The van der Waals surface area contributed by atoms with E-state index in [9.17, 15) is 0 Å². The molecule has 1 aromatic rings. The molecule has 0 spiro atoms. The molecule has 0 N–H and O–H groups in total. The van der Waals surface area contributed by atoms with Gasteiger partial charge in [0.2, 0.25) is 0 Å². The van der Waals surface area contributed by atoms with Crippen molar-refractivity contribution in [3.05, 3.63) is 35.9 Å². The van der Waals surface area contributed by atoms with Crippen molar-refractivity contribution in [3.8, 4) is 0 Å². The van der Waals surface area contributed by atoms with Gasteiger partial charge in [-0.3, -0.25) is 0 Å². The number of hydrogen-bond acceptors (Lipinski definition) is 1. The highest BCUT2D eigenvalue weighted by molar-refractivity contribution is 5.13. The molecule has 0 aromatic heterocycles. The molecule has 2 heteroatoms. The fraction of sp³-hybridized carbons (Fsp3) is 0.647. The number of nitrogens with zero attached hydrogens (tertiary/aromatic N) is 1. The van der Waals surface area contributed by atoms with Crippen LogP contribution in [0, 0.1) is 0 Å². The van der Waals surface area contributed by atoms with Crippen LogP contribution in [0.2, 0.25) is 0 Å². The molecular formula is C17H31NO. The van der Waals surface area contributed by atoms with E-state index in [4.69, 9.17) is 5.11 Å². The Hall–Kier alpha value is -0.860. The van der Waals surface area contributed by atoms with Crippen molar-refractivity contribution in [2.45, 2.75) is 46.6 Å². The zero-order valence-electron chi connectivity index (χ0n) is 13.2. The minimum atomic E-state index is 0.750. The molecule has 0 aliphatic rings. The van der Waals surface area contributed by atoms with Crippen molar-refractivity contribution in [1.82, 2.24) is 0 Å². The van der Waals surface area contributed by atoms with Crippen molar-refractivity contribution >= 4 is 0 Å². The van der Waals surface area contributed by atoms with Gasteiger partial charge in [-0.1, -0.05) is 51.1 Å². The fourth-order valence-electron chi connectivity index (χ4n) is 2.97. The number of quaternary nitrogens is 1. The van der Waals surface area contributed by atoms with Gasteiger partial charge in [-0.15, -0.1) is 0 Å². The third-order valence-corrected chi connectivity index (χ3v) is 3.45. The van der Waals surface area contributed by atoms with Crippen LogP contribution in [0.5, 0.6) is 0 Å². The molecule has 0 aliphatic heterocycles. The van der Waals surface area contributed by atoms with Crippen LogP contribution in [0.15, 0.2) is 30.3 Å². The maximum absolute atomic E-state index is 8.25. The molecule has 1 aromatic carbocycles. The first-order chi connectivity index (χ1) is 9.26. The van der Waals surface area contributed by atoms with Crippen LogP contribution in [0.3, 0.4) is 0 Å². The Kier molecular flexibility index (Phi) is 10.5. The van der Waals surface area contributed by atoms with Gasteiger partial charge in [0.15, 0.2) is 0 Å². The van der Waals surface area contributed by atoms with Gasteiger partial charge in [-0.05, 0) is 19.3 Å². The lowest BCUT2D eigenvalue weighted by Crippen LogP contribution is -2.48. The second-order valence-corrected chi connectivity index (χ2v) is 5.16. The Morgan fingerprint density at radius 2 is 1.21 bits per heavy atom. The Labute approximate surface area is 119 Å². The molecule has 1 rings (SSSR count). The first-order valence-corrected chi connectivity index (χ1v) is 7.56. The first kappa shape index (κ1) is 18.1. The fourth-order valence-corrected chi connectivity index (χ4v) is 2.97. The van der Waals surface area contributed by atoms with Gasteiger partial charge in [-0.2, -0.15) is 7.11 Å². The van der Waals surface area contributed by atoms with Gasteiger partial charge < -0.3 is 9.59 Å². The Morgan fingerprint density at radius 3 is 1.58 bits per heavy atom. The second kappa shape index (κ2) is 11.0. The third-order valence-electron chi connectivity index (χ3n) is 3.45. The molecule has 0 saturated carbocycles. The lowest BCUT2D eigenvalue weighted by atomic mass is 10.1. The van der Waals surface area contributed by atoms with Gasteiger partial charge in [0, 0.05) is 5.56 Å². The van der Waals surface area contributed by atoms with E-state index in [-0.39, 0.29) is 0 Å². The van der Waals surface area contributed by atoms with Gasteiger partial charge in [0.25, 0.3) is 0 Å². The molecule has 19 heavy (non-hydrogen) atoms. The summed E-state index contributed by atoms with van der Waals surface area (Å²) < 4.78 is 1.27. The molecule has 0 atom stereocenters. The van der Waals surface area contributed by atoms with E-state index in [2.05, 4.69) is 51.1 Å². The van der Waals surface area contributed by atoms with E-state index in [1.807, 2.05) is 0 Å². The summed E-state index contributed by atoms with van der Waals surface area (Å²) in [6.45, 7) is 12.1. The summed E-state index contributed by atoms with van der Waals surface area (Å²) in [5.74, 6) is 0. The highest BCUT2D eigenvalue weighted by atomic mass is 16.2. The molecule has 0 unspecified atom stereocenters. The number of benzene rings is 1. The molecular weight excluding hydrogens is 234 g/mol. The predicted molar refractivity (Wildman–Crippen MR) is 81.8 cm³/mol. The van der Waals surface area contributed by atoms with Crippen molar-refractivity contribution in [2.75, 3.05) is 26.7 Å². The van der Waals surface area contributed by atoms with E-state index >= 15 is 0 Å². The first-order valence-electron chi connectivity index (χ1n) is 7.56. The van der Waals surface area contributed by atoms with Gasteiger partial charge in [0.05, 0.1) is 19.6 Å². The van der Waals surface area contributed by atoms with E-state index in [1.165, 1.54) is 55.5 Å². The van der Waals surface area contributed by atoms with Crippen molar-refractivity contribution in [3.63, 3.8) is 0 Å². The predicted octanol–water partition coefficient (Wildman–Crippen LogP) is 3.21. The van der Waals surface area contributed by atoms with Gasteiger partial charge >= 0.3 is 0 Å². The van der Waals surface area contributed by atoms with E-state index in [0.29, 0.717) is 0 Å². The Balaban J connectivity index is 0.00000154. The average Bonchev–Trinajstić information content (AvgIpc) is 2.43. The molecule has 110 valence electrons. The highest BCUT2D eigenvalue weighted by Gasteiger charge is 2.24. The van der Waals surface area contributed by atoms with Crippen LogP contribution in [0.25, 0.3) is 0 Å². The van der Waals surface area contributed by atoms with Crippen LogP contribution in [0.1, 0.15) is 45.6 Å². The molecule has 0 saturated heterocycles. The van der Waals surface area contributed by atoms with Gasteiger partial charge in [-0.25, -0.2) is 0 Å². The average molecular weight is 265 g/mol. The largest absolute Gasteiger partial charge is 0.857 e. The molecule has 0 radical (unpaired) electrons. The van der Waals surface area contributed by atoms with Crippen molar-refractivity contribution in [2.24, 2.45) is 0 Å². The SMILES string of the molecule is CCC[N+](CCC)(CCC)Cc1ccccc1.C[O-]. The van der Waals surface area contributed by atoms with Crippen LogP contribution >= 0.6 is 0 Å². The number of rotatable bonds is 8. The van der Waals surface area contributed by atoms with Crippen molar-refractivity contribution in [1.29, 1.82) is 0 Å². The summed E-state index contributed by atoms with van der Waals surface area (Å²) in [5.41, 5.74) is 1.49. The maximum atomic E-state index is 8.25. The standard InChI is InChI=1S/C16H28N.CH3O/c1-4-12-17(13-5-2,14-6-3)15-16-10-8-7-9-11-16;1-2/h7-11H,4-6,12-15H2,1-3H3;1H3/q+1;-1. The lowest BCUT2D eigenvalue weighted by molar-refractivity contribution is -0.941. The minimum absolute atomic E-state index is 0.750. The summed E-state index contributed by atoms with van der Waals surface area (Å²) in [5, 5.41) is 8.25. The third kappa shape index (κ3) is 6.74. The zero-order valence-corrected chi connectivity index (χ0v) is 13.2. The molecule has 0 bridgehead atoms. The summed E-state index contributed by atoms with van der Waals surface area (Å²) in [6.07, 6.45) is 3.85. The molecule has 0 amide bonds. The maximum Gasteiger partial charge on any atom is 0.104 e. The van der Waals surface area contributed by atoms with E-state index in [0.717, 1.165) is 7.11 Å².